The van der Waals surface area contributed by atoms with Crippen LogP contribution in [-0.4, -0.2) is 35.2 Å². The lowest BCUT2D eigenvalue weighted by Crippen LogP contribution is -2.38. The number of amides is 1. The Bertz CT molecular complexity index is 987. The summed E-state index contributed by atoms with van der Waals surface area (Å²) >= 11 is 7.42. The van der Waals surface area contributed by atoms with E-state index in [2.05, 4.69) is 15.3 Å². The van der Waals surface area contributed by atoms with Gasteiger partial charge in [-0.05, 0) is 37.3 Å². The Morgan fingerprint density at radius 3 is 2.79 bits per heavy atom. The van der Waals surface area contributed by atoms with Crippen molar-refractivity contribution in [1.82, 2.24) is 15.3 Å². The van der Waals surface area contributed by atoms with Crippen molar-refractivity contribution in [2.24, 2.45) is 0 Å². The second-order valence-electron chi connectivity index (χ2n) is 6.45. The number of aryl methyl sites for hydroxylation is 1. The van der Waals surface area contributed by atoms with Crippen LogP contribution < -0.4 is 10.1 Å². The van der Waals surface area contributed by atoms with Gasteiger partial charge in [0.25, 0.3) is 5.91 Å². The maximum atomic E-state index is 12.7. The van der Waals surface area contributed by atoms with E-state index in [0.717, 1.165) is 21.1 Å². The highest BCUT2D eigenvalue weighted by atomic mass is 35.5. The minimum atomic E-state index is -0.207. The highest BCUT2D eigenvalue weighted by molar-refractivity contribution is 7.14. The summed E-state index contributed by atoms with van der Waals surface area (Å²) in [5.74, 6) is 0.426. The Hall–Kier alpha value is -2.48. The number of thiazole rings is 1. The standard InChI is InChI=1S/C20H18ClN3O3S/c1-12-7-24-20(28-12)14-4-13(5-17(6-14)27-18-10-26-11-18)19(25)23-9-16-3-2-15(21)8-22-16/h2-8,18H,9-11H2,1H3,(H,23,25). The van der Waals surface area contributed by atoms with Crippen LogP contribution in [0.1, 0.15) is 20.9 Å². The molecular formula is C20H18ClN3O3S. The quantitative estimate of drug-likeness (QED) is 0.661. The molecule has 0 radical (unpaired) electrons. The number of nitrogens with zero attached hydrogens (tertiary/aromatic N) is 2. The smallest absolute Gasteiger partial charge is 0.251 e. The number of hydrogen-bond donors (Lipinski definition) is 1. The monoisotopic (exact) mass is 415 g/mol. The Kier molecular flexibility index (Phi) is 5.57. The number of benzene rings is 1. The summed E-state index contributed by atoms with van der Waals surface area (Å²) in [6.07, 6.45) is 3.39. The predicted octanol–water partition coefficient (Wildman–Crippen LogP) is 3.87. The van der Waals surface area contributed by atoms with Crippen molar-refractivity contribution in [1.29, 1.82) is 0 Å². The molecule has 0 spiro atoms. The molecule has 1 aromatic carbocycles. The number of pyridine rings is 1. The van der Waals surface area contributed by atoms with Gasteiger partial charge in [-0.3, -0.25) is 9.78 Å². The number of carbonyl (C=O) groups is 1. The number of carbonyl (C=O) groups excluding carboxylic acids is 1. The lowest BCUT2D eigenvalue weighted by Gasteiger charge is -2.27. The number of aromatic nitrogens is 2. The summed E-state index contributed by atoms with van der Waals surface area (Å²) in [5.41, 5.74) is 2.09. The largest absolute Gasteiger partial charge is 0.486 e. The summed E-state index contributed by atoms with van der Waals surface area (Å²) in [6.45, 7) is 3.43. The molecule has 1 saturated heterocycles. The number of ether oxygens (including phenoxy) is 2. The number of hydrogen-bond acceptors (Lipinski definition) is 6. The van der Waals surface area contributed by atoms with Gasteiger partial charge in [-0.25, -0.2) is 4.98 Å². The molecule has 28 heavy (non-hydrogen) atoms. The predicted molar refractivity (Wildman–Crippen MR) is 108 cm³/mol. The van der Waals surface area contributed by atoms with Gasteiger partial charge >= 0.3 is 0 Å². The van der Waals surface area contributed by atoms with Gasteiger partial charge in [-0.15, -0.1) is 11.3 Å². The van der Waals surface area contributed by atoms with E-state index < -0.39 is 0 Å². The molecule has 1 amide bonds. The van der Waals surface area contributed by atoms with Crippen LogP contribution >= 0.6 is 22.9 Å². The van der Waals surface area contributed by atoms with Crippen LogP contribution in [-0.2, 0) is 11.3 Å². The van der Waals surface area contributed by atoms with Crippen molar-refractivity contribution in [3.63, 3.8) is 0 Å². The fourth-order valence-electron chi connectivity index (χ4n) is 2.67. The third-order valence-electron chi connectivity index (χ3n) is 4.17. The van der Waals surface area contributed by atoms with E-state index in [1.165, 1.54) is 0 Å². The lowest BCUT2D eigenvalue weighted by molar-refractivity contribution is -0.0796. The van der Waals surface area contributed by atoms with Crippen molar-refractivity contribution in [2.75, 3.05) is 13.2 Å². The zero-order valence-corrected chi connectivity index (χ0v) is 16.7. The van der Waals surface area contributed by atoms with Crippen LogP contribution in [0.25, 0.3) is 10.6 Å². The molecule has 0 aliphatic carbocycles. The van der Waals surface area contributed by atoms with E-state index in [1.54, 1.807) is 35.7 Å². The van der Waals surface area contributed by atoms with E-state index in [4.69, 9.17) is 21.1 Å². The second kappa shape index (κ2) is 8.26. The Balaban J connectivity index is 1.55. The molecule has 0 unspecified atom stereocenters. The first-order chi connectivity index (χ1) is 13.6. The fourth-order valence-corrected chi connectivity index (χ4v) is 3.53. The van der Waals surface area contributed by atoms with Crippen LogP contribution in [0.4, 0.5) is 0 Å². The zero-order valence-electron chi connectivity index (χ0n) is 15.1. The Morgan fingerprint density at radius 1 is 1.29 bits per heavy atom. The van der Waals surface area contributed by atoms with Crippen LogP contribution in [0.15, 0.2) is 42.7 Å². The fraction of sp³-hybridized carbons (Fsp3) is 0.250. The van der Waals surface area contributed by atoms with E-state index in [9.17, 15) is 4.79 Å². The first-order valence-corrected chi connectivity index (χ1v) is 9.97. The van der Waals surface area contributed by atoms with Crippen molar-refractivity contribution in [3.05, 3.63) is 63.9 Å². The van der Waals surface area contributed by atoms with Gasteiger partial charge in [0.15, 0.2) is 0 Å². The summed E-state index contributed by atoms with van der Waals surface area (Å²) < 4.78 is 11.1. The number of nitrogens with one attached hydrogen (secondary N) is 1. The average molecular weight is 416 g/mol. The summed E-state index contributed by atoms with van der Waals surface area (Å²) in [5, 5.41) is 4.29. The molecule has 1 aliphatic rings. The Morgan fingerprint density at radius 2 is 2.14 bits per heavy atom. The molecule has 6 nitrogen and oxygen atoms in total. The van der Waals surface area contributed by atoms with E-state index in [0.29, 0.717) is 36.1 Å². The zero-order chi connectivity index (χ0) is 19.5. The molecule has 1 aliphatic heterocycles. The molecule has 144 valence electrons. The van der Waals surface area contributed by atoms with Crippen molar-refractivity contribution < 1.29 is 14.3 Å². The minimum Gasteiger partial charge on any atom is -0.486 e. The average Bonchev–Trinajstić information content (AvgIpc) is 3.10. The third-order valence-corrected chi connectivity index (χ3v) is 5.35. The maximum Gasteiger partial charge on any atom is 0.251 e. The molecule has 4 rings (SSSR count). The molecule has 1 N–H and O–H groups in total. The van der Waals surface area contributed by atoms with Crippen LogP contribution in [0.3, 0.4) is 0 Å². The van der Waals surface area contributed by atoms with Crippen LogP contribution in [0.2, 0.25) is 5.02 Å². The number of halogens is 1. The SMILES string of the molecule is Cc1cnc(-c2cc(OC3COC3)cc(C(=O)NCc3ccc(Cl)cn3)c2)s1. The topological polar surface area (TPSA) is 73.3 Å². The van der Waals surface area contributed by atoms with E-state index in [-0.39, 0.29) is 12.0 Å². The molecule has 3 heterocycles. The van der Waals surface area contributed by atoms with Crippen LogP contribution in [0.5, 0.6) is 5.75 Å². The summed E-state index contributed by atoms with van der Waals surface area (Å²) in [7, 11) is 0. The second-order valence-corrected chi connectivity index (χ2v) is 8.12. The summed E-state index contributed by atoms with van der Waals surface area (Å²) in [6, 6.07) is 9.00. The van der Waals surface area contributed by atoms with Gasteiger partial charge in [0.2, 0.25) is 0 Å². The highest BCUT2D eigenvalue weighted by Crippen LogP contribution is 2.30. The first-order valence-electron chi connectivity index (χ1n) is 8.78. The van der Waals surface area contributed by atoms with Crippen molar-refractivity contribution in [3.8, 4) is 16.3 Å². The van der Waals surface area contributed by atoms with Crippen molar-refractivity contribution >= 4 is 28.8 Å². The third kappa shape index (κ3) is 4.49. The molecule has 8 heteroatoms. The first kappa shape index (κ1) is 18.9. The molecule has 0 atom stereocenters. The maximum absolute atomic E-state index is 12.7. The van der Waals surface area contributed by atoms with Gasteiger partial charge in [0.05, 0.1) is 30.5 Å². The Labute approximate surface area is 171 Å². The number of rotatable bonds is 6. The van der Waals surface area contributed by atoms with Gasteiger partial charge < -0.3 is 14.8 Å². The van der Waals surface area contributed by atoms with Gasteiger partial charge in [-0.1, -0.05) is 11.6 Å². The minimum absolute atomic E-state index is 0.0162. The van der Waals surface area contributed by atoms with E-state index >= 15 is 0 Å². The van der Waals surface area contributed by atoms with Gasteiger partial charge in [0.1, 0.15) is 16.9 Å². The molecule has 0 bridgehead atoms. The highest BCUT2D eigenvalue weighted by Gasteiger charge is 2.21. The van der Waals surface area contributed by atoms with Crippen LogP contribution in [0, 0.1) is 6.92 Å². The molecule has 1 fully saturated rings. The van der Waals surface area contributed by atoms with Gasteiger partial charge in [-0.2, -0.15) is 0 Å². The normalized spacial score (nSPS) is 13.8. The molecule has 0 saturated carbocycles. The van der Waals surface area contributed by atoms with Gasteiger partial charge in [0, 0.05) is 28.4 Å². The molecule has 3 aromatic rings. The summed E-state index contributed by atoms with van der Waals surface area (Å²) in [4.78, 5) is 22.5. The van der Waals surface area contributed by atoms with Crippen molar-refractivity contribution in [2.45, 2.75) is 19.6 Å². The molecular weight excluding hydrogens is 398 g/mol. The van der Waals surface area contributed by atoms with E-state index in [1.807, 2.05) is 25.3 Å². The molecule has 2 aromatic heterocycles. The lowest BCUT2D eigenvalue weighted by atomic mass is 10.1.